The van der Waals surface area contributed by atoms with E-state index in [9.17, 15) is 4.79 Å². The Morgan fingerprint density at radius 1 is 1.48 bits per heavy atom. The van der Waals surface area contributed by atoms with Crippen molar-refractivity contribution >= 4 is 6.03 Å². The minimum Gasteiger partial charge on any atom is -0.331 e. The quantitative estimate of drug-likeness (QED) is 0.938. The second-order valence-corrected chi connectivity index (χ2v) is 6.04. The van der Waals surface area contributed by atoms with Gasteiger partial charge in [0.2, 0.25) is 0 Å². The van der Waals surface area contributed by atoms with E-state index in [0.29, 0.717) is 6.54 Å². The van der Waals surface area contributed by atoms with E-state index >= 15 is 0 Å². The number of pyridine rings is 1. The fourth-order valence-electron chi connectivity index (χ4n) is 3.03. The molecule has 2 aromatic rings. The first-order valence-corrected chi connectivity index (χ1v) is 7.94. The molecule has 122 valence electrons. The van der Waals surface area contributed by atoms with Crippen LogP contribution in [0.25, 0.3) is 0 Å². The lowest BCUT2D eigenvalue weighted by Crippen LogP contribution is -2.46. The molecular formula is C16H22N6O. The van der Waals surface area contributed by atoms with Gasteiger partial charge in [-0.2, -0.15) is 0 Å². The van der Waals surface area contributed by atoms with E-state index < -0.39 is 0 Å². The molecule has 0 radical (unpaired) electrons. The number of hydrogen-bond acceptors (Lipinski definition) is 4. The zero-order valence-electron chi connectivity index (χ0n) is 13.5. The van der Waals surface area contributed by atoms with E-state index in [-0.39, 0.29) is 18.0 Å². The highest BCUT2D eigenvalue weighted by atomic mass is 16.2. The second kappa shape index (κ2) is 6.76. The molecule has 2 amide bonds. The minimum absolute atomic E-state index is 0.0341. The molecule has 23 heavy (non-hydrogen) atoms. The number of likely N-dealkylation sites (tertiary alicyclic amines) is 1. The molecule has 0 spiro atoms. The Labute approximate surface area is 135 Å². The predicted molar refractivity (Wildman–Crippen MR) is 85.7 cm³/mol. The van der Waals surface area contributed by atoms with E-state index in [1.165, 1.54) is 0 Å². The summed E-state index contributed by atoms with van der Waals surface area (Å²) in [7, 11) is 1.94. The third-order valence-electron chi connectivity index (χ3n) is 4.34. The Morgan fingerprint density at radius 2 is 2.35 bits per heavy atom. The van der Waals surface area contributed by atoms with E-state index in [1.54, 1.807) is 18.7 Å². The molecule has 1 N–H and O–H groups in total. The van der Waals surface area contributed by atoms with Crippen molar-refractivity contribution in [1.82, 2.24) is 30.0 Å². The van der Waals surface area contributed by atoms with Crippen molar-refractivity contribution in [3.05, 3.63) is 42.2 Å². The smallest absolute Gasteiger partial charge is 0.317 e. The summed E-state index contributed by atoms with van der Waals surface area (Å²) < 4.78 is 1.93. The Kier molecular flexibility index (Phi) is 4.55. The molecule has 0 aliphatic carbocycles. The third-order valence-corrected chi connectivity index (χ3v) is 4.34. The van der Waals surface area contributed by atoms with Gasteiger partial charge in [0.25, 0.3) is 0 Å². The largest absolute Gasteiger partial charge is 0.331 e. The number of urea groups is 1. The van der Waals surface area contributed by atoms with Crippen LogP contribution in [0.1, 0.15) is 43.1 Å². The summed E-state index contributed by atoms with van der Waals surface area (Å²) in [6.45, 7) is 3.43. The Bertz CT molecular complexity index is 656. The Morgan fingerprint density at radius 3 is 3.04 bits per heavy atom. The summed E-state index contributed by atoms with van der Waals surface area (Å²) in [6.07, 6.45) is 7.23. The molecule has 1 aliphatic rings. The number of piperidine rings is 1. The predicted octanol–water partition coefficient (Wildman–Crippen LogP) is 1.86. The summed E-state index contributed by atoms with van der Waals surface area (Å²) in [4.78, 5) is 18.5. The van der Waals surface area contributed by atoms with Crippen LogP contribution in [0.4, 0.5) is 4.79 Å². The Balaban J connectivity index is 1.62. The number of carbonyl (C=O) groups is 1. The molecule has 2 atom stereocenters. The SMILES string of the molecule is C[C@@H](NC(=O)N1CCC[C@@H](c2nncn2C)C1)c1cccnc1. The number of aryl methyl sites for hydroxylation is 1. The van der Waals surface area contributed by atoms with Gasteiger partial charge in [0.1, 0.15) is 12.2 Å². The summed E-state index contributed by atoms with van der Waals surface area (Å²) in [5, 5.41) is 11.2. The molecule has 3 rings (SSSR count). The van der Waals surface area contributed by atoms with Gasteiger partial charge in [-0.15, -0.1) is 10.2 Å². The maximum atomic E-state index is 12.5. The first-order valence-electron chi connectivity index (χ1n) is 7.94. The van der Waals surface area contributed by atoms with Gasteiger partial charge in [0.05, 0.1) is 6.04 Å². The topological polar surface area (TPSA) is 75.9 Å². The van der Waals surface area contributed by atoms with E-state index in [2.05, 4.69) is 20.5 Å². The molecule has 0 saturated carbocycles. The summed E-state index contributed by atoms with van der Waals surface area (Å²) >= 11 is 0. The third kappa shape index (κ3) is 3.49. The summed E-state index contributed by atoms with van der Waals surface area (Å²) in [5.41, 5.74) is 1.00. The van der Waals surface area contributed by atoms with Gasteiger partial charge >= 0.3 is 6.03 Å². The number of nitrogens with zero attached hydrogens (tertiary/aromatic N) is 5. The van der Waals surface area contributed by atoms with E-state index in [4.69, 9.17) is 0 Å². The fourth-order valence-corrected chi connectivity index (χ4v) is 3.03. The molecule has 1 fully saturated rings. The average Bonchev–Trinajstić information content (AvgIpc) is 3.02. The maximum Gasteiger partial charge on any atom is 0.317 e. The van der Waals surface area contributed by atoms with Crippen molar-refractivity contribution in [2.24, 2.45) is 7.05 Å². The van der Waals surface area contributed by atoms with Gasteiger partial charge in [0, 0.05) is 38.4 Å². The highest BCUT2D eigenvalue weighted by molar-refractivity contribution is 5.74. The molecule has 1 aliphatic heterocycles. The summed E-state index contributed by atoms with van der Waals surface area (Å²) in [6, 6.07) is 3.75. The molecular weight excluding hydrogens is 292 g/mol. The van der Waals surface area contributed by atoms with E-state index in [0.717, 1.165) is 30.8 Å². The first kappa shape index (κ1) is 15.5. The van der Waals surface area contributed by atoms with Crippen molar-refractivity contribution in [3.63, 3.8) is 0 Å². The second-order valence-electron chi connectivity index (χ2n) is 6.04. The lowest BCUT2D eigenvalue weighted by Gasteiger charge is -2.33. The fraction of sp³-hybridized carbons (Fsp3) is 0.500. The monoisotopic (exact) mass is 314 g/mol. The minimum atomic E-state index is -0.0635. The van der Waals surface area contributed by atoms with Crippen LogP contribution in [0.2, 0.25) is 0 Å². The lowest BCUT2D eigenvalue weighted by molar-refractivity contribution is 0.175. The zero-order chi connectivity index (χ0) is 16.2. The van der Waals surface area contributed by atoms with Gasteiger partial charge in [-0.25, -0.2) is 4.79 Å². The standard InChI is InChI=1S/C16H22N6O/c1-12(13-5-3-7-17-9-13)19-16(23)22-8-4-6-14(10-22)15-20-18-11-21(15)2/h3,5,7,9,11-12,14H,4,6,8,10H2,1-2H3,(H,19,23)/t12-,14-/m1/s1. The van der Waals surface area contributed by atoms with Crippen molar-refractivity contribution in [3.8, 4) is 0 Å². The summed E-state index contributed by atoms with van der Waals surface area (Å²) in [5.74, 6) is 1.19. The number of carbonyl (C=O) groups excluding carboxylic acids is 1. The number of rotatable bonds is 3. The highest BCUT2D eigenvalue weighted by Crippen LogP contribution is 2.25. The van der Waals surface area contributed by atoms with Crippen molar-refractivity contribution in [1.29, 1.82) is 0 Å². The number of aromatic nitrogens is 4. The van der Waals surface area contributed by atoms with Crippen LogP contribution in [0, 0.1) is 0 Å². The molecule has 7 heteroatoms. The van der Waals surface area contributed by atoms with Crippen LogP contribution in [-0.4, -0.2) is 43.8 Å². The molecule has 0 bridgehead atoms. The van der Waals surface area contributed by atoms with Crippen LogP contribution in [-0.2, 0) is 7.05 Å². The van der Waals surface area contributed by atoms with Crippen LogP contribution >= 0.6 is 0 Å². The van der Waals surface area contributed by atoms with Crippen LogP contribution < -0.4 is 5.32 Å². The molecule has 1 saturated heterocycles. The van der Waals surface area contributed by atoms with Gasteiger partial charge in [-0.05, 0) is 31.4 Å². The number of nitrogens with one attached hydrogen (secondary N) is 1. The van der Waals surface area contributed by atoms with Crippen LogP contribution in [0.3, 0.4) is 0 Å². The maximum absolute atomic E-state index is 12.5. The molecule has 0 unspecified atom stereocenters. The van der Waals surface area contributed by atoms with Gasteiger partial charge in [0.15, 0.2) is 0 Å². The zero-order valence-corrected chi connectivity index (χ0v) is 13.5. The van der Waals surface area contributed by atoms with E-state index in [1.807, 2.05) is 35.6 Å². The van der Waals surface area contributed by atoms with Gasteiger partial charge in [-0.1, -0.05) is 6.07 Å². The van der Waals surface area contributed by atoms with Crippen molar-refractivity contribution < 1.29 is 4.79 Å². The number of hydrogen-bond donors (Lipinski definition) is 1. The van der Waals surface area contributed by atoms with Gasteiger partial charge < -0.3 is 14.8 Å². The Hall–Kier alpha value is -2.44. The molecule has 2 aromatic heterocycles. The lowest BCUT2D eigenvalue weighted by atomic mass is 9.97. The molecule has 0 aromatic carbocycles. The van der Waals surface area contributed by atoms with Gasteiger partial charge in [-0.3, -0.25) is 4.98 Å². The number of amides is 2. The normalized spacial score (nSPS) is 19.4. The first-order chi connectivity index (χ1) is 11.1. The molecule has 7 nitrogen and oxygen atoms in total. The van der Waals surface area contributed by atoms with Crippen LogP contribution in [0.15, 0.2) is 30.9 Å². The van der Waals surface area contributed by atoms with Crippen LogP contribution in [0.5, 0.6) is 0 Å². The van der Waals surface area contributed by atoms with Crippen molar-refractivity contribution in [2.45, 2.75) is 31.7 Å². The average molecular weight is 314 g/mol. The van der Waals surface area contributed by atoms with Crippen molar-refractivity contribution in [2.75, 3.05) is 13.1 Å². The molecule has 3 heterocycles. The highest BCUT2D eigenvalue weighted by Gasteiger charge is 2.28.